The fraction of sp³-hybridized carbons (Fsp3) is 0.679. The summed E-state index contributed by atoms with van der Waals surface area (Å²) in [5.41, 5.74) is 3.37. The highest BCUT2D eigenvalue weighted by atomic mass is 19.4. The average molecular weight is 521 g/mol. The number of hydrogen-bond acceptors (Lipinski definition) is 6. The van der Waals surface area contributed by atoms with Crippen LogP contribution in [-0.4, -0.2) is 42.5 Å². The van der Waals surface area contributed by atoms with Gasteiger partial charge >= 0.3 is 6.18 Å². The molecular formula is C28H27F3N6O. The zero-order chi connectivity index (χ0) is 25.5. The standard InChI is InChI=1S/C28H27F3N6O/c1-10-11(2)34-25-22(33-10)23(26-16-19-17(26)21-18(26)20(16)27(19,21)28(29,30)31)35-24(36-25)12-5-6-38-15(7-12)13-8-32-37(9-13)14-3-4-14/h8-9,12,14-21H,3-7H2,1-2H3/t12-,15+,16?,17?,18?,19?,20?,21?,26?,27?/m0/s1. The van der Waals surface area contributed by atoms with E-state index in [9.17, 15) is 13.2 Å². The van der Waals surface area contributed by atoms with Crippen molar-refractivity contribution < 1.29 is 17.9 Å². The lowest BCUT2D eigenvalue weighted by molar-refractivity contribution is -0.666. The Morgan fingerprint density at radius 2 is 1.63 bits per heavy atom. The summed E-state index contributed by atoms with van der Waals surface area (Å²) in [5, 5.41) is 4.55. The number of alkyl halides is 3. The Hall–Kier alpha value is -2.62. The third-order valence-corrected chi connectivity index (χ3v) is 12.1. The minimum Gasteiger partial charge on any atom is -0.373 e. The molecule has 0 radical (unpaired) electrons. The van der Waals surface area contributed by atoms with Gasteiger partial charge < -0.3 is 4.74 Å². The van der Waals surface area contributed by atoms with Crippen molar-refractivity contribution in [3.05, 3.63) is 40.9 Å². The van der Waals surface area contributed by atoms with E-state index < -0.39 is 11.6 Å². The van der Waals surface area contributed by atoms with Gasteiger partial charge in [-0.1, -0.05) is 0 Å². The van der Waals surface area contributed by atoms with E-state index >= 15 is 0 Å². The summed E-state index contributed by atoms with van der Waals surface area (Å²) in [4.78, 5) is 19.9. The van der Waals surface area contributed by atoms with Crippen LogP contribution >= 0.6 is 0 Å². The summed E-state index contributed by atoms with van der Waals surface area (Å²) in [7, 11) is 0. The molecule has 8 aliphatic rings. The van der Waals surface area contributed by atoms with E-state index in [1.54, 1.807) is 0 Å². The molecule has 3 aromatic rings. The number of aromatic nitrogens is 6. The van der Waals surface area contributed by atoms with E-state index in [0.29, 0.717) is 23.8 Å². The summed E-state index contributed by atoms with van der Waals surface area (Å²) >= 11 is 0. The van der Waals surface area contributed by atoms with E-state index in [0.717, 1.165) is 41.3 Å². The van der Waals surface area contributed by atoms with E-state index in [1.807, 2.05) is 24.7 Å². The molecule has 2 atom stereocenters. The molecule has 11 rings (SSSR count). The van der Waals surface area contributed by atoms with Gasteiger partial charge in [0.2, 0.25) is 0 Å². The Balaban J connectivity index is 1.04. The Kier molecular flexibility index (Phi) is 3.40. The van der Waals surface area contributed by atoms with Crippen LogP contribution in [0.1, 0.15) is 72.2 Å². The van der Waals surface area contributed by atoms with Crippen molar-refractivity contribution >= 4 is 11.2 Å². The van der Waals surface area contributed by atoms with Crippen molar-refractivity contribution in [3.8, 4) is 0 Å². The van der Waals surface area contributed by atoms with Crippen LogP contribution in [0, 0.1) is 54.8 Å². The van der Waals surface area contributed by atoms with Crippen molar-refractivity contribution in [2.75, 3.05) is 6.61 Å². The largest absolute Gasteiger partial charge is 0.395 e. The maximum atomic E-state index is 14.0. The van der Waals surface area contributed by atoms with Crippen LogP contribution in [0.4, 0.5) is 13.2 Å². The maximum absolute atomic E-state index is 14.0. The van der Waals surface area contributed by atoms with Gasteiger partial charge in [-0.3, -0.25) is 4.68 Å². The SMILES string of the molecule is Cc1nc2nc([C@H]3CCO[C@@H](c4cnn(C5CC5)c4)C3)nc(C34C5C6C3C3C4C5C63C(F)(F)F)c2nc1C. The van der Waals surface area contributed by atoms with E-state index in [1.165, 1.54) is 12.8 Å². The summed E-state index contributed by atoms with van der Waals surface area (Å²) in [5.74, 6) is 0.561. The molecule has 1 aliphatic heterocycles. The molecular weight excluding hydrogens is 493 g/mol. The normalized spacial score (nSPS) is 45.0. The maximum Gasteiger partial charge on any atom is 0.395 e. The van der Waals surface area contributed by atoms with Crippen LogP contribution in [-0.2, 0) is 10.2 Å². The third-order valence-electron chi connectivity index (χ3n) is 12.1. The highest BCUT2D eigenvalue weighted by Gasteiger charge is 3.14. The lowest BCUT2D eigenvalue weighted by Crippen LogP contribution is -3.13. The second-order valence-electron chi connectivity index (χ2n) is 13.1. The minimum atomic E-state index is -4.07. The number of fused-ring (bicyclic) bond motifs is 1. The minimum absolute atomic E-state index is 0.0649. The monoisotopic (exact) mass is 520 g/mol. The lowest BCUT2D eigenvalue weighted by atomic mass is 8.92. The average Bonchev–Trinajstić information content (AvgIpc) is 3.64. The summed E-state index contributed by atoms with van der Waals surface area (Å²) < 4.78 is 50.3. The van der Waals surface area contributed by atoms with Gasteiger partial charge in [0.25, 0.3) is 0 Å². The van der Waals surface area contributed by atoms with Crippen LogP contribution in [0.25, 0.3) is 11.2 Å². The second-order valence-corrected chi connectivity index (χ2v) is 13.1. The molecule has 0 aromatic carbocycles. The highest BCUT2D eigenvalue weighted by molar-refractivity contribution is 5.79. The molecule has 1 saturated heterocycles. The molecule has 7 saturated carbocycles. The molecule has 4 heterocycles. The molecule has 0 N–H and O–H groups in total. The first kappa shape index (κ1) is 21.2. The summed E-state index contributed by atoms with van der Waals surface area (Å²) in [6.07, 6.45) is 3.82. The molecule has 10 heteroatoms. The second kappa shape index (κ2) is 6.08. The fourth-order valence-electron chi connectivity index (χ4n) is 10.5. The van der Waals surface area contributed by atoms with Gasteiger partial charge in [0.1, 0.15) is 11.3 Å². The molecule has 38 heavy (non-hydrogen) atoms. The molecule has 196 valence electrons. The Morgan fingerprint density at radius 1 is 0.921 bits per heavy atom. The van der Waals surface area contributed by atoms with Gasteiger partial charge in [0.15, 0.2) is 5.65 Å². The van der Waals surface area contributed by atoms with Gasteiger partial charge in [0, 0.05) is 29.7 Å². The third kappa shape index (κ3) is 1.94. The van der Waals surface area contributed by atoms with Crippen molar-refractivity contribution in [2.24, 2.45) is 40.9 Å². The molecule has 3 aromatic heterocycles. The highest BCUT2D eigenvalue weighted by Crippen LogP contribution is 3.11. The van der Waals surface area contributed by atoms with Crippen LogP contribution in [0.5, 0.6) is 0 Å². The zero-order valence-electron chi connectivity index (χ0n) is 21.1. The first-order valence-corrected chi connectivity index (χ1v) is 14.0. The lowest BCUT2D eigenvalue weighted by Gasteiger charge is -3.10. The number of hydrogen-bond donors (Lipinski definition) is 0. The fourth-order valence-corrected chi connectivity index (χ4v) is 10.5. The summed E-state index contributed by atoms with van der Waals surface area (Å²) in [6, 6.07) is 0.521. The first-order chi connectivity index (χ1) is 18.3. The molecule has 0 spiro atoms. The van der Waals surface area contributed by atoms with Gasteiger partial charge in [-0.25, -0.2) is 19.9 Å². The number of nitrogens with zero attached hydrogens (tertiary/aromatic N) is 6. The van der Waals surface area contributed by atoms with Gasteiger partial charge in [-0.2, -0.15) is 18.3 Å². The first-order valence-electron chi connectivity index (χ1n) is 14.0. The number of aryl methyl sites for hydroxylation is 2. The predicted octanol–water partition coefficient (Wildman–Crippen LogP) is 4.76. The smallest absolute Gasteiger partial charge is 0.373 e. The summed E-state index contributed by atoms with van der Waals surface area (Å²) in [6.45, 7) is 4.48. The van der Waals surface area contributed by atoms with Crippen LogP contribution in [0.3, 0.4) is 0 Å². The van der Waals surface area contributed by atoms with E-state index in [4.69, 9.17) is 24.7 Å². The molecule has 0 bridgehead atoms. The number of halogens is 3. The predicted molar refractivity (Wildman–Crippen MR) is 127 cm³/mol. The van der Waals surface area contributed by atoms with Crippen molar-refractivity contribution in [1.82, 2.24) is 29.7 Å². The van der Waals surface area contributed by atoms with Crippen LogP contribution in [0.15, 0.2) is 12.4 Å². The molecule has 8 fully saturated rings. The van der Waals surface area contributed by atoms with Crippen LogP contribution < -0.4 is 0 Å². The van der Waals surface area contributed by atoms with Crippen molar-refractivity contribution in [3.63, 3.8) is 0 Å². The molecule has 0 amide bonds. The Bertz CT molecular complexity index is 1540. The Labute approximate surface area is 216 Å². The molecule has 7 nitrogen and oxygen atoms in total. The van der Waals surface area contributed by atoms with E-state index in [2.05, 4.69) is 11.3 Å². The van der Waals surface area contributed by atoms with Crippen LogP contribution in [0.2, 0.25) is 0 Å². The quantitative estimate of drug-likeness (QED) is 0.494. The van der Waals surface area contributed by atoms with Gasteiger partial charge in [-0.05, 0) is 75.0 Å². The Morgan fingerprint density at radius 3 is 2.32 bits per heavy atom. The molecule has 7 aliphatic carbocycles. The molecule has 0 unspecified atom stereocenters. The number of rotatable bonds is 4. The number of ether oxygens (including phenoxy) is 1. The van der Waals surface area contributed by atoms with Crippen molar-refractivity contribution in [1.29, 1.82) is 0 Å². The topological polar surface area (TPSA) is 78.6 Å². The van der Waals surface area contributed by atoms with Crippen molar-refractivity contribution in [2.45, 2.75) is 69.2 Å². The van der Waals surface area contributed by atoms with E-state index in [-0.39, 0.29) is 52.9 Å². The zero-order valence-corrected chi connectivity index (χ0v) is 21.1. The van der Waals surface area contributed by atoms with Gasteiger partial charge in [-0.15, -0.1) is 0 Å². The van der Waals surface area contributed by atoms with Gasteiger partial charge in [0.05, 0.1) is 40.8 Å².